The first-order chi connectivity index (χ1) is 8.98. The maximum Gasteiger partial charge on any atom is 0.394 e. The van der Waals surface area contributed by atoms with Crippen LogP contribution in [0.15, 0.2) is 24.3 Å². The Morgan fingerprint density at radius 1 is 1.32 bits per heavy atom. The van der Waals surface area contributed by atoms with E-state index in [9.17, 15) is 8.78 Å². The summed E-state index contributed by atoms with van der Waals surface area (Å²) in [5.41, 5.74) is 0.881. The van der Waals surface area contributed by atoms with Crippen LogP contribution in [0.4, 0.5) is 8.78 Å². The third-order valence-corrected chi connectivity index (χ3v) is 2.95. The van der Waals surface area contributed by atoms with Gasteiger partial charge in [-0.25, -0.2) is 0 Å². The van der Waals surface area contributed by atoms with E-state index in [4.69, 9.17) is 10.00 Å². The van der Waals surface area contributed by atoms with E-state index in [-0.39, 0.29) is 18.0 Å². The molecule has 19 heavy (non-hydrogen) atoms. The maximum absolute atomic E-state index is 12.7. The van der Waals surface area contributed by atoms with Crippen LogP contribution in [0.1, 0.15) is 37.9 Å². The zero-order valence-electron chi connectivity index (χ0n) is 10.6. The second kappa shape index (κ2) is 5.54. The van der Waals surface area contributed by atoms with E-state index < -0.39 is 6.11 Å². The van der Waals surface area contributed by atoms with Crippen molar-refractivity contribution in [1.82, 2.24) is 0 Å². The van der Waals surface area contributed by atoms with Gasteiger partial charge in [0.05, 0.1) is 12.2 Å². The molecule has 0 saturated carbocycles. The molecule has 0 spiro atoms. The molecule has 1 aromatic carbocycles. The molecule has 2 atom stereocenters. The van der Waals surface area contributed by atoms with Crippen LogP contribution in [0.5, 0.6) is 5.75 Å². The summed E-state index contributed by atoms with van der Waals surface area (Å²) in [4.78, 5) is 0. The fraction of sp³-hybridized carbons (Fsp3) is 0.500. The Morgan fingerprint density at radius 2 is 2.00 bits per heavy atom. The average Bonchev–Trinajstić information content (AvgIpc) is 2.38. The number of hydrogen-bond donors (Lipinski definition) is 0. The lowest BCUT2D eigenvalue weighted by Crippen LogP contribution is -2.21. The molecule has 0 aliphatic carbocycles. The van der Waals surface area contributed by atoms with Crippen molar-refractivity contribution < 1.29 is 18.3 Å². The molecule has 1 aromatic rings. The number of benzene rings is 1. The normalized spacial score (nSPS) is 23.7. The third kappa shape index (κ3) is 3.90. The molecular weight excluding hydrogens is 252 g/mol. The Bertz CT molecular complexity index is 462. The summed E-state index contributed by atoms with van der Waals surface area (Å²) in [5.74, 6) is 0.115. The number of ether oxygens (including phenoxy) is 2. The van der Waals surface area contributed by atoms with Gasteiger partial charge in [-0.2, -0.15) is 14.0 Å². The standard InChI is InChI=1S/C14H15F2NO2/c1-14(15,16)19-11-7-5-10(6-8-11)13-4-2-3-12(9-17)18-13/h5-8,12-13H,2-4H2,1H3. The quantitative estimate of drug-likeness (QED) is 0.836. The summed E-state index contributed by atoms with van der Waals surface area (Å²) in [5, 5.41) is 8.85. The third-order valence-electron chi connectivity index (χ3n) is 2.95. The predicted molar refractivity (Wildman–Crippen MR) is 64.8 cm³/mol. The van der Waals surface area contributed by atoms with Gasteiger partial charge in [-0.3, -0.25) is 0 Å². The van der Waals surface area contributed by atoms with Gasteiger partial charge in [0.25, 0.3) is 0 Å². The molecule has 1 fully saturated rings. The second-order valence-electron chi connectivity index (χ2n) is 4.65. The van der Waals surface area contributed by atoms with Crippen molar-refractivity contribution in [2.45, 2.75) is 44.5 Å². The van der Waals surface area contributed by atoms with Gasteiger partial charge < -0.3 is 9.47 Å². The van der Waals surface area contributed by atoms with Crippen molar-refractivity contribution in [1.29, 1.82) is 5.26 Å². The SMILES string of the molecule is CC(F)(F)Oc1ccc(C2CCCC(C#N)O2)cc1. The van der Waals surface area contributed by atoms with E-state index in [2.05, 4.69) is 10.8 Å². The van der Waals surface area contributed by atoms with Gasteiger partial charge in [0.2, 0.25) is 0 Å². The Labute approximate surface area is 110 Å². The van der Waals surface area contributed by atoms with Crippen molar-refractivity contribution in [3.8, 4) is 11.8 Å². The molecule has 1 aliphatic rings. The maximum atomic E-state index is 12.7. The van der Waals surface area contributed by atoms with Crippen LogP contribution in [0, 0.1) is 11.3 Å². The Hall–Kier alpha value is -1.67. The van der Waals surface area contributed by atoms with Gasteiger partial charge in [0.1, 0.15) is 11.9 Å². The summed E-state index contributed by atoms with van der Waals surface area (Å²) in [6, 6.07) is 8.48. The number of nitriles is 1. The highest BCUT2D eigenvalue weighted by atomic mass is 19.3. The predicted octanol–water partition coefficient (Wildman–Crippen LogP) is 3.81. The fourth-order valence-corrected chi connectivity index (χ4v) is 2.12. The van der Waals surface area contributed by atoms with E-state index >= 15 is 0 Å². The highest BCUT2D eigenvalue weighted by Gasteiger charge is 2.25. The highest BCUT2D eigenvalue weighted by Crippen LogP contribution is 2.32. The van der Waals surface area contributed by atoms with Crippen molar-refractivity contribution in [2.75, 3.05) is 0 Å². The van der Waals surface area contributed by atoms with Crippen LogP contribution in [0.25, 0.3) is 0 Å². The smallest absolute Gasteiger partial charge is 0.394 e. The van der Waals surface area contributed by atoms with Gasteiger partial charge >= 0.3 is 6.11 Å². The van der Waals surface area contributed by atoms with Gasteiger partial charge in [-0.05, 0) is 37.0 Å². The van der Waals surface area contributed by atoms with Crippen LogP contribution < -0.4 is 4.74 Å². The Morgan fingerprint density at radius 3 is 2.58 bits per heavy atom. The molecule has 0 amide bonds. The lowest BCUT2D eigenvalue weighted by molar-refractivity contribution is -0.158. The molecule has 102 valence electrons. The molecule has 0 N–H and O–H groups in total. The summed E-state index contributed by atoms with van der Waals surface area (Å²) in [6.07, 6.45) is -1.20. The first-order valence-electron chi connectivity index (χ1n) is 6.20. The van der Waals surface area contributed by atoms with Crippen LogP contribution in [-0.4, -0.2) is 12.2 Å². The summed E-state index contributed by atoms with van der Waals surface area (Å²) >= 11 is 0. The van der Waals surface area contributed by atoms with E-state index in [0.29, 0.717) is 6.92 Å². The molecular formula is C14H15F2NO2. The zero-order chi connectivity index (χ0) is 13.9. The average molecular weight is 267 g/mol. The monoisotopic (exact) mass is 267 g/mol. The van der Waals surface area contributed by atoms with Gasteiger partial charge in [0, 0.05) is 6.92 Å². The first-order valence-corrected chi connectivity index (χ1v) is 6.20. The van der Waals surface area contributed by atoms with Crippen LogP contribution in [0.3, 0.4) is 0 Å². The van der Waals surface area contributed by atoms with Gasteiger partial charge in [0.15, 0.2) is 0 Å². The molecule has 0 aromatic heterocycles. The Kier molecular flexibility index (Phi) is 4.01. The second-order valence-corrected chi connectivity index (χ2v) is 4.65. The summed E-state index contributed by atoms with van der Waals surface area (Å²) in [6.45, 7) is 0.697. The number of hydrogen-bond acceptors (Lipinski definition) is 3. The molecule has 3 nitrogen and oxygen atoms in total. The molecule has 1 heterocycles. The van der Waals surface area contributed by atoms with Crippen molar-refractivity contribution >= 4 is 0 Å². The molecule has 1 saturated heterocycles. The number of rotatable bonds is 3. The van der Waals surface area contributed by atoms with E-state index in [1.54, 1.807) is 12.1 Å². The minimum absolute atomic E-state index is 0.115. The van der Waals surface area contributed by atoms with E-state index in [0.717, 1.165) is 24.8 Å². The van der Waals surface area contributed by atoms with Crippen molar-refractivity contribution in [3.63, 3.8) is 0 Å². The summed E-state index contributed by atoms with van der Waals surface area (Å²) in [7, 11) is 0. The van der Waals surface area contributed by atoms with Crippen molar-refractivity contribution in [3.05, 3.63) is 29.8 Å². The molecule has 2 rings (SSSR count). The Balaban J connectivity index is 2.04. The highest BCUT2D eigenvalue weighted by molar-refractivity contribution is 5.29. The summed E-state index contributed by atoms with van der Waals surface area (Å²) < 4.78 is 35.4. The van der Waals surface area contributed by atoms with E-state index in [1.807, 2.05) is 0 Å². The first kappa shape index (κ1) is 13.8. The molecule has 1 aliphatic heterocycles. The minimum atomic E-state index is -3.19. The number of alkyl halides is 2. The number of nitrogens with zero attached hydrogens (tertiary/aromatic N) is 1. The molecule has 0 radical (unpaired) electrons. The number of halogens is 2. The minimum Gasteiger partial charge on any atom is -0.433 e. The lowest BCUT2D eigenvalue weighted by atomic mass is 9.99. The van der Waals surface area contributed by atoms with Crippen LogP contribution in [0.2, 0.25) is 0 Å². The molecule has 2 unspecified atom stereocenters. The largest absolute Gasteiger partial charge is 0.433 e. The molecule has 5 heteroatoms. The van der Waals surface area contributed by atoms with Crippen molar-refractivity contribution in [2.24, 2.45) is 0 Å². The van der Waals surface area contributed by atoms with Crippen LogP contribution in [-0.2, 0) is 4.74 Å². The lowest BCUT2D eigenvalue weighted by Gasteiger charge is -2.26. The fourth-order valence-electron chi connectivity index (χ4n) is 2.12. The van der Waals surface area contributed by atoms with E-state index in [1.165, 1.54) is 12.1 Å². The zero-order valence-corrected chi connectivity index (χ0v) is 10.6. The van der Waals surface area contributed by atoms with Crippen LogP contribution >= 0.6 is 0 Å². The van der Waals surface area contributed by atoms with Gasteiger partial charge in [-0.1, -0.05) is 12.1 Å². The topological polar surface area (TPSA) is 42.2 Å². The van der Waals surface area contributed by atoms with Gasteiger partial charge in [-0.15, -0.1) is 0 Å². The molecule has 0 bridgehead atoms.